The molecule has 0 saturated heterocycles. The molecule has 0 spiro atoms. The molecule has 3 N–H and O–H groups in total. The van der Waals surface area contributed by atoms with Crippen molar-refractivity contribution in [1.82, 2.24) is 19.9 Å². The summed E-state index contributed by atoms with van der Waals surface area (Å²) >= 11 is 7.85. The van der Waals surface area contributed by atoms with Gasteiger partial charge in [0.2, 0.25) is 5.95 Å². The lowest BCUT2D eigenvalue weighted by Gasteiger charge is -2.14. The monoisotopic (exact) mass is 480 g/mol. The Morgan fingerprint density at radius 3 is 2.73 bits per heavy atom. The lowest BCUT2D eigenvalue weighted by Crippen LogP contribution is -2.10. The standard InChI is InChI=1S/C23H21ClN6O2S/c1-13-3-4-17(8-19(13)24)29-23-27-11-18(15-7-16(22(31)32)10-25-9-15)21(30-23)26-6-5-20-14(2)28-12-33-20/h3-4,7-12H,5-6H2,1-2H3,(H,31,32)(H2,26,27,29,30). The van der Waals surface area contributed by atoms with Crippen molar-refractivity contribution in [2.75, 3.05) is 17.2 Å². The van der Waals surface area contributed by atoms with E-state index in [9.17, 15) is 9.90 Å². The summed E-state index contributed by atoms with van der Waals surface area (Å²) in [5, 5.41) is 16.5. The Labute approximate surface area is 199 Å². The molecule has 0 saturated carbocycles. The van der Waals surface area contributed by atoms with Gasteiger partial charge in [0, 0.05) is 58.3 Å². The first kappa shape index (κ1) is 22.6. The predicted octanol–water partition coefficient (Wildman–Crippen LogP) is 5.36. The van der Waals surface area contributed by atoms with Gasteiger partial charge in [-0.3, -0.25) is 4.98 Å². The molecule has 0 aliphatic carbocycles. The average Bonchev–Trinajstić information content (AvgIpc) is 3.21. The molecule has 0 unspecified atom stereocenters. The van der Waals surface area contributed by atoms with Crippen LogP contribution in [0.4, 0.5) is 17.5 Å². The highest BCUT2D eigenvalue weighted by molar-refractivity contribution is 7.09. The molecule has 0 aliphatic rings. The molecule has 0 radical (unpaired) electrons. The van der Waals surface area contributed by atoms with Crippen molar-refractivity contribution in [2.45, 2.75) is 20.3 Å². The minimum Gasteiger partial charge on any atom is -0.478 e. The van der Waals surface area contributed by atoms with E-state index in [2.05, 4.69) is 30.6 Å². The first-order valence-corrected chi connectivity index (χ1v) is 11.4. The average molecular weight is 481 g/mol. The van der Waals surface area contributed by atoms with Crippen molar-refractivity contribution >= 4 is 46.4 Å². The van der Waals surface area contributed by atoms with Crippen LogP contribution in [0.3, 0.4) is 0 Å². The highest BCUT2D eigenvalue weighted by Gasteiger charge is 2.13. The molecule has 0 amide bonds. The zero-order valence-electron chi connectivity index (χ0n) is 18.0. The number of hydrogen-bond acceptors (Lipinski definition) is 8. The van der Waals surface area contributed by atoms with E-state index < -0.39 is 5.97 Å². The fourth-order valence-electron chi connectivity index (χ4n) is 3.15. The van der Waals surface area contributed by atoms with E-state index in [4.69, 9.17) is 11.6 Å². The quantitative estimate of drug-likeness (QED) is 0.309. The third-order valence-electron chi connectivity index (χ3n) is 5.00. The molecular formula is C23H21ClN6O2S. The number of carboxylic acid groups (broad SMARTS) is 1. The third kappa shape index (κ3) is 5.44. The van der Waals surface area contributed by atoms with Gasteiger partial charge >= 0.3 is 5.97 Å². The molecule has 10 heteroatoms. The van der Waals surface area contributed by atoms with Crippen molar-refractivity contribution in [2.24, 2.45) is 0 Å². The van der Waals surface area contributed by atoms with Crippen LogP contribution in [0.25, 0.3) is 11.1 Å². The summed E-state index contributed by atoms with van der Waals surface area (Å²) in [6, 6.07) is 7.19. The van der Waals surface area contributed by atoms with Crippen molar-refractivity contribution in [1.29, 1.82) is 0 Å². The van der Waals surface area contributed by atoms with Crippen LogP contribution in [0.1, 0.15) is 26.5 Å². The second-order valence-electron chi connectivity index (χ2n) is 7.35. The summed E-state index contributed by atoms with van der Waals surface area (Å²) in [7, 11) is 0. The highest BCUT2D eigenvalue weighted by Crippen LogP contribution is 2.29. The van der Waals surface area contributed by atoms with Gasteiger partial charge in [-0.15, -0.1) is 11.3 Å². The van der Waals surface area contributed by atoms with Crippen LogP contribution in [0.5, 0.6) is 0 Å². The Balaban J connectivity index is 1.64. The molecule has 8 nitrogen and oxygen atoms in total. The molecule has 0 aliphatic heterocycles. The van der Waals surface area contributed by atoms with Crippen LogP contribution < -0.4 is 10.6 Å². The number of halogens is 1. The number of nitrogens with one attached hydrogen (secondary N) is 2. The van der Waals surface area contributed by atoms with Crippen molar-refractivity contribution in [3.63, 3.8) is 0 Å². The second-order valence-corrected chi connectivity index (χ2v) is 8.70. The lowest BCUT2D eigenvalue weighted by molar-refractivity contribution is 0.0696. The van der Waals surface area contributed by atoms with Crippen LogP contribution in [-0.4, -0.2) is 37.6 Å². The Morgan fingerprint density at radius 1 is 1.15 bits per heavy atom. The van der Waals surface area contributed by atoms with Crippen molar-refractivity contribution in [3.8, 4) is 11.1 Å². The van der Waals surface area contributed by atoms with E-state index in [0.717, 1.165) is 23.4 Å². The van der Waals surface area contributed by atoms with Gasteiger partial charge in [0.25, 0.3) is 0 Å². The molecule has 3 heterocycles. The summed E-state index contributed by atoms with van der Waals surface area (Å²) in [4.78, 5) is 30.0. The van der Waals surface area contributed by atoms with Crippen LogP contribution in [0.2, 0.25) is 5.02 Å². The molecule has 0 atom stereocenters. The Bertz CT molecular complexity index is 1310. The predicted molar refractivity (Wildman–Crippen MR) is 131 cm³/mol. The molecule has 4 aromatic rings. The van der Waals surface area contributed by atoms with Gasteiger partial charge in [0.1, 0.15) is 5.82 Å². The van der Waals surface area contributed by atoms with Gasteiger partial charge in [-0.05, 0) is 37.6 Å². The minimum absolute atomic E-state index is 0.0928. The highest BCUT2D eigenvalue weighted by atomic mass is 35.5. The maximum Gasteiger partial charge on any atom is 0.337 e. The number of rotatable bonds is 8. The first-order valence-electron chi connectivity index (χ1n) is 10.1. The van der Waals surface area contributed by atoms with Crippen LogP contribution in [0.15, 0.2) is 48.4 Å². The Kier molecular flexibility index (Phi) is 6.81. The van der Waals surface area contributed by atoms with Crippen molar-refractivity contribution in [3.05, 3.63) is 75.1 Å². The van der Waals surface area contributed by atoms with E-state index in [1.807, 2.05) is 37.6 Å². The molecular weight excluding hydrogens is 460 g/mol. The minimum atomic E-state index is -1.05. The van der Waals surface area contributed by atoms with Crippen molar-refractivity contribution < 1.29 is 9.90 Å². The van der Waals surface area contributed by atoms with Gasteiger partial charge in [-0.2, -0.15) is 4.98 Å². The van der Waals surface area contributed by atoms with Gasteiger partial charge in [-0.1, -0.05) is 17.7 Å². The molecule has 168 valence electrons. The van der Waals surface area contributed by atoms with E-state index in [-0.39, 0.29) is 5.56 Å². The van der Waals surface area contributed by atoms with Gasteiger partial charge in [0.15, 0.2) is 0 Å². The van der Waals surface area contributed by atoms with E-state index in [1.54, 1.807) is 29.8 Å². The van der Waals surface area contributed by atoms with Gasteiger partial charge in [0.05, 0.1) is 16.8 Å². The fourth-order valence-corrected chi connectivity index (χ4v) is 4.11. The Hall–Kier alpha value is -3.56. The number of anilines is 3. The zero-order valence-corrected chi connectivity index (χ0v) is 19.5. The summed E-state index contributed by atoms with van der Waals surface area (Å²) in [6.07, 6.45) is 5.33. The number of carbonyl (C=O) groups is 1. The maximum atomic E-state index is 11.4. The first-order chi connectivity index (χ1) is 15.9. The molecule has 0 bridgehead atoms. The molecule has 4 rings (SSSR count). The second kappa shape index (κ2) is 9.93. The summed E-state index contributed by atoms with van der Waals surface area (Å²) < 4.78 is 0. The number of pyridine rings is 1. The number of aryl methyl sites for hydroxylation is 2. The summed E-state index contributed by atoms with van der Waals surface area (Å²) in [6.45, 7) is 4.54. The third-order valence-corrected chi connectivity index (χ3v) is 6.40. The summed E-state index contributed by atoms with van der Waals surface area (Å²) in [5.74, 6) is -0.0929. The fraction of sp³-hybridized carbons (Fsp3) is 0.174. The smallest absolute Gasteiger partial charge is 0.337 e. The number of benzene rings is 1. The zero-order chi connectivity index (χ0) is 23.4. The molecule has 33 heavy (non-hydrogen) atoms. The maximum absolute atomic E-state index is 11.4. The number of nitrogens with zero attached hydrogens (tertiary/aromatic N) is 4. The normalized spacial score (nSPS) is 10.8. The van der Waals surface area contributed by atoms with E-state index in [0.29, 0.717) is 34.5 Å². The number of carboxylic acids is 1. The molecule has 3 aromatic heterocycles. The van der Waals surface area contributed by atoms with Crippen LogP contribution in [0, 0.1) is 13.8 Å². The topological polar surface area (TPSA) is 113 Å². The SMILES string of the molecule is Cc1ccc(Nc2ncc(-c3cncc(C(=O)O)c3)c(NCCc3scnc3C)n2)cc1Cl. The number of aromatic carboxylic acids is 1. The Morgan fingerprint density at radius 2 is 2.00 bits per heavy atom. The number of thiazole rings is 1. The van der Waals surface area contributed by atoms with Crippen LogP contribution >= 0.6 is 22.9 Å². The number of hydrogen-bond donors (Lipinski definition) is 3. The van der Waals surface area contributed by atoms with Crippen LogP contribution in [-0.2, 0) is 6.42 Å². The van der Waals surface area contributed by atoms with E-state index >= 15 is 0 Å². The lowest BCUT2D eigenvalue weighted by atomic mass is 10.1. The van der Waals surface area contributed by atoms with Gasteiger partial charge in [-0.25, -0.2) is 14.8 Å². The molecule has 0 fully saturated rings. The molecule has 1 aromatic carbocycles. The number of aromatic nitrogens is 4. The van der Waals surface area contributed by atoms with E-state index in [1.165, 1.54) is 11.1 Å². The summed E-state index contributed by atoms with van der Waals surface area (Å²) in [5.41, 5.74) is 5.94. The van der Waals surface area contributed by atoms with Gasteiger partial charge < -0.3 is 15.7 Å². The largest absolute Gasteiger partial charge is 0.478 e.